The van der Waals surface area contributed by atoms with Crippen LogP contribution in [0.25, 0.3) is 0 Å². The van der Waals surface area contributed by atoms with Gasteiger partial charge in [0.1, 0.15) is 5.69 Å². The van der Waals surface area contributed by atoms with E-state index in [0.29, 0.717) is 22.8 Å². The molecule has 0 spiro atoms. The lowest BCUT2D eigenvalue weighted by Crippen LogP contribution is -2.19. The van der Waals surface area contributed by atoms with Crippen LogP contribution < -0.4 is 10.6 Å². The number of benzene rings is 1. The second kappa shape index (κ2) is 6.95. The van der Waals surface area contributed by atoms with E-state index in [-0.39, 0.29) is 11.7 Å². The fraction of sp³-hybridized carbons (Fsp3) is 0.385. The maximum absolute atomic E-state index is 13.7. The van der Waals surface area contributed by atoms with Crippen LogP contribution in [-0.2, 0) is 6.54 Å². The monoisotopic (exact) mass is 360 g/mol. The Balaban J connectivity index is 2.03. The minimum absolute atomic E-state index is 0.0588. The van der Waals surface area contributed by atoms with Crippen LogP contribution >= 0.6 is 15.9 Å². The molecule has 0 saturated heterocycles. The molecule has 1 heterocycles. The Labute approximate surface area is 129 Å². The Morgan fingerprint density at radius 1 is 1.24 bits per heavy atom. The van der Waals surface area contributed by atoms with Crippen LogP contribution in [0.4, 0.5) is 20.5 Å². The molecule has 0 aliphatic carbocycles. The molecule has 2 aromatic rings. The zero-order valence-electron chi connectivity index (χ0n) is 11.6. The van der Waals surface area contributed by atoms with Crippen molar-refractivity contribution >= 4 is 27.6 Å². The number of aromatic nitrogens is 2. The molecule has 5 nitrogen and oxygen atoms in total. The van der Waals surface area contributed by atoms with Gasteiger partial charge in [0.2, 0.25) is 5.89 Å². The van der Waals surface area contributed by atoms with Crippen LogP contribution in [0.3, 0.4) is 0 Å². The highest BCUT2D eigenvalue weighted by atomic mass is 79.9. The van der Waals surface area contributed by atoms with Crippen molar-refractivity contribution in [2.75, 3.05) is 11.9 Å². The van der Waals surface area contributed by atoms with Gasteiger partial charge in [-0.1, -0.05) is 34.9 Å². The second-order valence-electron chi connectivity index (χ2n) is 4.90. The van der Waals surface area contributed by atoms with Crippen molar-refractivity contribution in [1.29, 1.82) is 0 Å². The molecule has 21 heavy (non-hydrogen) atoms. The van der Waals surface area contributed by atoms with Crippen LogP contribution in [0.15, 0.2) is 21.0 Å². The van der Waals surface area contributed by atoms with Gasteiger partial charge in [-0.3, -0.25) is 0 Å². The topological polar surface area (TPSA) is 63.0 Å². The number of nitrogens with zero attached hydrogens (tertiary/aromatic N) is 2. The Hall–Kier alpha value is -1.54. The Kier molecular flexibility index (Phi) is 5.24. The SMILES string of the molecule is CC(C)CNCc1nnc(Nc2c(F)cc(Br)cc2F)o1. The largest absolute Gasteiger partial charge is 0.406 e. The molecule has 8 heteroatoms. The lowest BCUT2D eigenvalue weighted by atomic mass is 10.2. The first kappa shape index (κ1) is 15.8. The summed E-state index contributed by atoms with van der Waals surface area (Å²) in [5.41, 5.74) is -0.330. The zero-order chi connectivity index (χ0) is 15.4. The van der Waals surface area contributed by atoms with E-state index in [1.165, 1.54) is 0 Å². The number of rotatable bonds is 6. The summed E-state index contributed by atoms with van der Waals surface area (Å²) in [6.07, 6.45) is 0. The van der Waals surface area contributed by atoms with Gasteiger partial charge in [-0.2, -0.15) is 0 Å². The van der Waals surface area contributed by atoms with Crippen molar-refractivity contribution in [2.24, 2.45) is 5.92 Å². The smallest absolute Gasteiger partial charge is 0.320 e. The van der Waals surface area contributed by atoms with Crippen molar-refractivity contribution in [3.8, 4) is 0 Å². The van der Waals surface area contributed by atoms with E-state index >= 15 is 0 Å². The predicted octanol–water partition coefficient (Wildman–Crippen LogP) is 3.60. The van der Waals surface area contributed by atoms with E-state index in [4.69, 9.17) is 4.42 Å². The number of anilines is 2. The van der Waals surface area contributed by atoms with Crippen molar-refractivity contribution in [1.82, 2.24) is 15.5 Å². The Morgan fingerprint density at radius 2 is 1.90 bits per heavy atom. The van der Waals surface area contributed by atoms with Gasteiger partial charge in [0.25, 0.3) is 0 Å². The fourth-order valence-corrected chi connectivity index (χ4v) is 2.01. The minimum Gasteiger partial charge on any atom is -0.406 e. The molecular formula is C13H15BrF2N4O. The van der Waals surface area contributed by atoms with E-state index in [0.717, 1.165) is 18.7 Å². The van der Waals surface area contributed by atoms with E-state index in [1.54, 1.807) is 0 Å². The first-order valence-electron chi connectivity index (χ1n) is 6.40. The van der Waals surface area contributed by atoms with Gasteiger partial charge in [0.05, 0.1) is 6.54 Å². The maximum Gasteiger partial charge on any atom is 0.320 e. The Morgan fingerprint density at radius 3 is 2.52 bits per heavy atom. The van der Waals surface area contributed by atoms with Gasteiger partial charge in [0, 0.05) is 4.47 Å². The van der Waals surface area contributed by atoms with E-state index < -0.39 is 11.6 Å². The minimum atomic E-state index is -0.750. The highest BCUT2D eigenvalue weighted by Crippen LogP contribution is 2.26. The molecule has 1 aromatic carbocycles. The van der Waals surface area contributed by atoms with E-state index in [1.807, 2.05) is 0 Å². The molecular weight excluding hydrogens is 346 g/mol. The standard InChI is InChI=1S/C13H15BrF2N4O/c1-7(2)5-17-6-11-19-20-13(21-11)18-12-9(15)3-8(14)4-10(12)16/h3-4,7,17H,5-6H2,1-2H3,(H,18,20). The van der Waals surface area contributed by atoms with Gasteiger partial charge >= 0.3 is 6.01 Å². The summed E-state index contributed by atoms with van der Waals surface area (Å²) in [6.45, 7) is 5.36. The number of halogens is 3. The summed E-state index contributed by atoms with van der Waals surface area (Å²) in [5.74, 6) is -0.660. The molecule has 0 fully saturated rings. The molecule has 114 valence electrons. The molecule has 0 bridgehead atoms. The van der Waals surface area contributed by atoms with Gasteiger partial charge in [0.15, 0.2) is 11.6 Å². The van der Waals surface area contributed by atoms with Crippen LogP contribution in [0.2, 0.25) is 0 Å². The van der Waals surface area contributed by atoms with Crippen LogP contribution in [-0.4, -0.2) is 16.7 Å². The predicted molar refractivity (Wildman–Crippen MR) is 78.2 cm³/mol. The lowest BCUT2D eigenvalue weighted by molar-refractivity contribution is 0.459. The average Bonchev–Trinajstić information content (AvgIpc) is 2.81. The van der Waals surface area contributed by atoms with Crippen LogP contribution in [0.1, 0.15) is 19.7 Å². The molecule has 0 unspecified atom stereocenters. The lowest BCUT2D eigenvalue weighted by Gasteiger charge is -2.05. The molecule has 0 saturated carbocycles. The summed E-state index contributed by atoms with van der Waals surface area (Å²) >= 11 is 3.01. The third-order valence-corrected chi connectivity index (χ3v) is 2.99. The second-order valence-corrected chi connectivity index (χ2v) is 5.81. The number of nitrogens with one attached hydrogen (secondary N) is 2. The summed E-state index contributed by atoms with van der Waals surface area (Å²) in [6, 6.07) is 2.23. The third kappa shape index (κ3) is 4.47. The molecule has 0 amide bonds. The first-order valence-corrected chi connectivity index (χ1v) is 7.19. The summed E-state index contributed by atoms with van der Waals surface area (Å²) in [5, 5.41) is 13.1. The Bertz CT molecular complexity index is 595. The van der Waals surface area contributed by atoms with Crippen molar-refractivity contribution < 1.29 is 13.2 Å². The molecule has 2 rings (SSSR count). The van der Waals surface area contributed by atoms with Gasteiger partial charge in [-0.15, -0.1) is 5.10 Å². The fourth-order valence-electron chi connectivity index (χ4n) is 1.61. The first-order chi connectivity index (χ1) is 9.95. The summed E-state index contributed by atoms with van der Waals surface area (Å²) < 4.78 is 32.9. The highest BCUT2D eigenvalue weighted by Gasteiger charge is 2.14. The molecule has 0 atom stereocenters. The average molecular weight is 361 g/mol. The summed E-state index contributed by atoms with van der Waals surface area (Å²) in [4.78, 5) is 0. The van der Waals surface area contributed by atoms with Gasteiger partial charge in [-0.05, 0) is 24.6 Å². The third-order valence-electron chi connectivity index (χ3n) is 2.53. The molecule has 2 N–H and O–H groups in total. The van der Waals surface area contributed by atoms with E-state index in [2.05, 4.69) is 50.6 Å². The maximum atomic E-state index is 13.7. The van der Waals surface area contributed by atoms with Crippen LogP contribution in [0.5, 0.6) is 0 Å². The number of hydrogen-bond donors (Lipinski definition) is 2. The normalized spacial score (nSPS) is 11.1. The molecule has 0 aliphatic rings. The van der Waals surface area contributed by atoms with Crippen molar-refractivity contribution in [2.45, 2.75) is 20.4 Å². The molecule has 1 aromatic heterocycles. The highest BCUT2D eigenvalue weighted by molar-refractivity contribution is 9.10. The van der Waals surface area contributed by atoms with Crippen molar-refractivity contribution in [3.05, 3.63) is 34.1 Å². The van der Waals surface area contributed by atoms with Gasteiger partial charge < -0.3 is 15.1 Å². The zero-order valence-corrected chi connectivity index (χ0v) is 13.2. The molecule has 0 aliphatic heterocycles. The van der Waals surface area contributed by atoms with Gasteiger partial charge in [-0.25, -0.2) is 8.78 Å². The van der Waals surface area contributed by atoms with E-state index in [9.17, 15) is 8.78 Å². The van der Waals surface area contributed by atoms with Crippen LogP contribution in [0, 0.1) is 17.6 Å². The van der Waals surface area contributed by atoms with Crippen molar-refractivity contribution in [3.63, 3.8) is 0 Å². The molecule has 0 radical (unpaired) electrons. The summed E-state index contributed by atoms with van der Waals surface area (Å²) in [7, 11) is 0. The quantitative estimate of drug-likeness (QED) is 0.823. The number of hydrogen-bond acceptors (Lipinski definition) is 5.